The third kappa shape index (κ3) is 5.72. The average Bonchev–Trinajstić information content (AvgIpc) is 2.61. The maximum atomic E-state index is 12.0. The first-order valence-electron chi connectivity index (χ1n) is 7.98. The summed E-state index contributed by atoms with van der Waals surface area (Å²) in [5.74, 6) is 0.247. The van der Waals surface area contributed by atoms with Crippen LogP contribution in [-0.2, 0) is 4.79 Å². The second kappa shape index (κ2) is 9.05. The Hall–Kier alpha value is -3.06. The predicted molar refractivity (Wildman–Crippen MR) is 102 cm³/mol. The largest absolute Gasteiger partial charge is 0.493 e. The SMILES string of the molecule is COc1cc(/C=C/C(=O)Oc2cccc([N+](=O)[O-])c2)cc(Cl)c1OC(C)C. The van der Waals surface area contributed by atoms with E-state index in [0.717, 1.165) is 0 Å². The van der Waals surface area contributed by atoms with Gasteiger partial charge in [-0.05, 0) is 43.7 Å². The molecule has 0 saturated carbocycles. The number of nitro benzene ring substituents is 1. The number of halogens is 1. The number of nitrogens with zero attached hydrogens (tertiary/aromatic N) is 1. The summed E-state index contributed by atoms with van der Waals surface area (Å²) >= 11 is 6.23. The quantitative estimate of drug-likeness (QED) is 0.224. The monoisotopic (exact) mass is 391 g/mol. The summed E-state index contributed by atoms with van der Waals surface area (Å²) in [6.07, 6.45) is 2.60. The Bertz CT molecular complexity index is 878. The van der Waals surface area contributed by atoms with Crippen LogP contribution in [0.1, 0.15) is 19.4 Å². The number of carbonyl (C=O) groups is 1. The van der Waals surface area contributed by atoms with Gasteiger partial charge in [-0.3, -0.25) is 10.1 Å². The molecule has 2 aromatic carbocycles. The number of methoxy groups -OCH3 is 1. The van der Waals surface area contributed by atoms with Crippen molar-refractivity contribution in [3.63, 3.8) is 0 Å². The van der Waals surface area contributed by atoms with Crippen LogP contribution in [0.25, 0.3) is 6.08 Å². The van der Waals surface area contributed by atoms with Gasteiger partial charge in [-0.2, -0.15) is 0 Å². The van der Waals surface area contributed by atoms with Crippen LogP contribution in [0.4, 0.5) is 5.69 Å². The zero-order valence-corrected chi connectivity index (χ0v) is 15.7. The first-order chi connectivity index (χ1) is 12.8. The third-order valence-corrected chi connectivity index (χ3v) is 3.54. The van der Waals surface area contributed by atoms with Gasteiger partial charge in [0.05, 0.1) is 29.2 Å². The highest BCUT2D eigenvalue weighted by molar-refractivity contribution is 6.32. The number of benzene rings is 2. The second-order valence-corrected chi connectivity index (χ2v) is 6.12. The Kier molecular flexibility index (Phi) is 6.79. The van der Waals surface area contributed by atoms with Gasteiger partial charge in [0.25, 0.3) is 5.69 Å². The van der Waals surface area contributed by atoms with Gasteiger partial charge in [-0.25, -0.2) is 4.79 Å². The van der Waals surface area contributed by atoms with E-state index in [1.807, 2.05) is 13.8 Å². The fraction of sp³-hybridized carbons (Fsp3) is 0.211. The van der Waals surface area contributed by atoms with Crippen LogP contribution >= 0.6 is 11.6 Å². The molecule has 142 valence electrons. The molecule has 0 heterocycles. The van der Waals surface area contributed by atoms with Crippen LogP contribution in [0.5, 0.6) is 17.2 Å². The molecule has 0 fully saturated rings. The predicted octanol–water partition coefficient (Wildman–Crippen LogP) is 4.66. The van der Waals surface area contributed by atoms with E-state index in [1.165, 1.54) is 43.5 Å². The number of hydrogen-bond acceptors (Lipinski definition) is 6. The van der Waals surface area contributed by atoms with Gasteiger partial charge in [0.1, 0.15) is 5.75 Å². The van der Waals surface area contributed by atoms with E-state index in [9.17, 15) is 14.9 Å². The van der Waals surface area contributed by atoms with Crippen LogP contribution in [0.2, 0.25) is 5.02 Å². The van der Waals surface area contributed by atoms with E-state index in [2.05, 4.69) is 0 Å². The number of esters is 1. The number of rotatable bonds is 7. The standard InChI is InChI=1S/C19H18ClNO6/c1-12(2)26-19-16(20)9-13(10-17(19)25-3)7-8-18(22)27-15-6-4-5-14(11-15)21(23)24/h4-12H,1-3H3/b8-7+. The van der Waals surface area contributed by atoms with Crippen LogP contribution in [-0.4, -0.2) is 24.1 Å². The summed E-state index contributed by atoms with van der Waals surface area (Å²) < 4.78 is 16.0. The molecule has 0 aliphatic rings. The van der Waals surface area contributed by atoms with Crippen molar-refractivity contribution in [2.45, 2.75) is 20.0 Å². The third-order valence-electron chi connectivity index (χ3n) is 3.26. The summed E-state index contributed by atoms with van der Waals surface area (Å²) in [6.45, 7) is 3.74. The van der Waals surface area contributed by atoms with Crippen LogP contribution < -0.4 is 14.2 Å². The van der Waals surface area contributed by atoms with E-state index in [0.29, 0.717) is 22.1 Å². The average molecular weight is 392 g/mol. The minimum Gasteiger partial charge on any atom is -0.493 e. The van der Waals surface area contributed by atoms with E-state index >= 15 is 0 Å². The first kappa shape index (κ1) is 20.3. The first-order valence-corrected chi connectivity index (χ1v) is 8.36. The van der Waals surface area contributed by atoms with Gasteiger partial charge in [0.15, 0.2) is 11.5 Å². The summed E-state index contributed by atoms with van der Waals surface area (Å²) in [5.41, 5.74) is 0.436. The van der Waals surface area contributed by atoms with Crippen molar-refractivity contribution in [2.75, 3.05) is 7.11 Å². The van der Waals surface area contributed by atoms with E-state index in [-0.39, 0.29) is 17.5 Å². The smallest absolute Gasteiger partial charge is 0.336 e. The molecule has 7 nitrogen and oxygen atoms in total. The molecule has 0 radical (unpaired) electrons. The molecular weight excluding hydrogens is 374 g/mol. The number of carbonyl (C=O) groups excluding carboxylic acids is 1. The molecule has 0 N–H and O–H groups in total. The van der Waals surface area contributed by atoms with Crippen molar-refractivity contribution in [1.29, 1.82) is 0 Å². The summed E-state index contributed by atoms with van der Waals surface area (Å²) in [4.78, 5) is 22.1. The van der Waals surface area contributed by atoms with Crippen molar-refractivity contribution in [1.82, 2.24) is 0 Å². The molecule has 2 aromatic rings. The fourth-order valence-corrected chi connectivity index (χ4v) is 2.42. The molecular formula is C19H18ClNO6. The lowest BCUT2D eigenvalue weighted by molar-refractivity contribution is -0.384. The molecule has 27 heavy (non-hydrogen) atoms. The zero-order valence-electron chi connectivity index (χ0n) is 15.0. The minimum absolute atomic E-state index is 0.0788. The molecule has 0 amide bonds. The zero-order chi connectivity index (χ0) is 20.0. The highest BCUT2D eigenvalue weighted by Crippen LogP contribution is 2.37. The second-order valence-electron chi connectivity index (χ2n) is 5.71. The molecule has 0 unspecified atom stereocenters. The highest BCUT2D eigenvalue weighted by atomic mass is 35.5. The Labute approximate surface area is 161 Å². The molecule has 8 heteroatoms. The van der Waals surface area contributed by atoms with Crippen LogP contribution in [0.15, 0.2) is 42.5 Å². The molecule has 0 aliphatic heterocycles. The number of ether oxygens (including phenoxy) is 3. The molecule has 0 atom stereocenters. The van der Waals surface area contributed by atoms with Gasteiger partial charge in [0, 0.05) is 12.1 Å². The van der Waals surface area contributed by atoms with Crippen LogP contribution in [0.3, 0.4) is 0 Å². The number of non-ortho nitro benzene ring substituents is 1. The Morgan fingerprint density at radius 3 is 2.63 bits per heavy atom. The van der Waals surface area contributed by atoms with Gasteiger partial charge < -0.3 is 14.2 Å². The maximum Gasteiger partial charge on any atom is 0.336 e. The minimum atomic E-state index is -0.687. The Morgan fingerprint density at radius 2 is 2.00 bits per heavy atom. The van der Waals surface area contributed by atoms with Gasteiger partial charge in [-0.1, -0.05) is 17.7 Å². The summed E-state index contributed by atoms with van der Waals surface area (Å²) in [5, 5.41) is 11.1. The normalized spacial score (nSPS) is 10.9. The van der Waals surface area contributed by atoms with Crippen molar-refractivity contribution < 1.29 is 23.9 Å². The molecule has 0 spiro atoms. The molecule has 2 rings (SSSR count). The molecule has 0 aromatic heterocycles. The Balaban J connectivity index is 2.15. The fourth-order valence-electron chi connectivity index (χ4n) is 2.16. The topological polar surface area (TPSA) is 87.9 Å². The van der Waals surface area contributed by atoms with Gasteiger partial charge >= 0.3 is 5.97 Å². The van der Waals surface area contributed by atoms with Gasteiger partial charge in [-0.15, -0.1) is 0 Å². The lowest BCUT2D eigenvalue weighted by Crippen LogP contribution is -2.07. The lowest BCUT2D eigenvalue weighted by atomic mass is 10.2. The van der Waals surface area contributed by atoms with Crippen molar-refractivity contribution in [2.24, 2.45) is 0 Å². The summed E-state index contributed by atoms with van der Waals surface area (Å²) in [6, 6.07) is 8.66. The van der Waals surface area contributed by atoms with E-state index in [1.54, 1.807) is 12.1 Å². The number of nitro groups is 1. The van der Waals surface area contributed by atoms with Crippen molar-refractivity contribution in [3.8, 4) is 17.2 Å². The van der Waals surface area contributed by atoms with E-state index in [4.69, 9.17) is 25.8 Å². The number of hydrogen-bond donors (Lipinski definition) is 0. The molecule has 0 aliphatic carbocycles. The summed E-state index contributed by atoms with van der Waals surface area (Å²) in [7, 11) is 1.49. The molecule has 0 bridgehead atoms. The van der Waals surface area contributed by atoms with Crippen molar-refractivity contribution >= 4 is 29.3 Å². The van der Waals surface area contributed by atoms with E-state index < -0.39 is 10.9 Å². The van der Waals surface area contributed by atoms with Crippen molar-refractivity contribution in [3.05, 3.63) is 63.2 Å². The van der Waals surface area contributed by atoms with Crippen LogP contribution in [0, 0.1) is 10.1 Å². The highest BCUT2D eigenvalue weighted by Gasteiger charge is 2.13. The Morgan fingerprint density at radius 1 is 1.26 bits per heavy atom. The maximum absolute atomic E-state index is 12.0. The lowest BCUT2D eigenvalue weighted by Gasteiger charge is -2.15. The van der Waals surface area contributed by atoms with Gasteiger partial charge in [0.2, 0.25) is 0 Å². The molecule has 0 saturated heterocycles.